The zero-order valence-corrected chi connectivity index (χ0v) is 20.8. The van der Waals surface area contributed by atoms with Crippen molar-refractivity contribution in [3.63, 3.8) is 0 Å². The van der Waals surface area contributed by atoms with Crippen LogP contribution >= 0.6 is 0 Å². The molecule has 1 heterocycles. The zero-order chi connectivity index (χ0) is 24.8. The maximum atomic E-state index is 13.3. The van der Waals surface area contributed by atoms with Crippen LogP contribution in [0.1, 0.15) is 43.5 Å². The first kappa shape index (κ1) is 26.0. The van der Waals surface area contributed by atoms with Gasteiger partial charge in [-0.15, -0.1) is 0 Å². The number of fused-ring (bicyclic) bond motifs is 1. The predicted octanol–water partition coefficient (Wildman–Crippen LogP) is 2.40. The molecule has 9 heteroatoms. The van der Waals surface area contributed by atoms with E-state index in [0.29, 0.717) is 30.1 Å². The molecule has 1 N–H and O–H groups in total. The number of nitrogens with zero attached hydrogens (tertiary/aromatic N) is 2. The lowest BCUT2D eigenvalue weighted by Crippen LogP contribution is -2.49. The molecule has 3 rings (SSSR count). The highest BCUT2D eigenvalue weighted by molar-refractivity contribution is 5.99. The number of methoxy groups -OCH3 is 2. The van der Waals surface area contributed by atoms with E-state index in [1.165, 1.54) is 7.11 Å². The van der Waals surface area contributed by atoms with E-state index in [1.807, 2.05) is 13.8 Å². The zero-order valence-electron chi connectivity index (χ0n) is 20.8. The highest BCUT2D eigenvalue weighted by Crippen LogP contribution is 2.30. The minimum Gasteiger partial charge on any atom is -0.491 e. The number of carbonyl (C=O) groups is 3. The summed E-state index contributed by atoms with van der Waals surface area (Å²) in [6.07, 6.45) is 2.62. The Balaban J connectivity index is 1.91. The predicted molar refractivity (Wildman–Crippen MR) is 128 cm³/mol. The first-order valence-corrected chi connectivity index (χ1v) is 11.9. The highest BCUT2D eigenvalue weighted by Gasteiger charge is 2.31. The molecule has 3 atom stereocenters. The molecule has 1 aliphatic heterocycles. The van der Waals surface area contributed by atoms with E-state index in [4.69, 9.17) is 14.2 Å². The number of amides is 3. The van der Waals surface area contributed by atoms with Crippen LogP contribution in [0.25, 0.3) is 0 Å². The second-order valence-corrected chi connectivity index (χ2v) is 9.40. The highest BCUT2D eigenvalue weighted by atomic mass is 16.5. The van der Waals surface area contributed by atoms with Crippen molar-refractivity contribution < 1.29 is 28.6 Å². The fourth-order valence-corrected chi connectivity index (χ4v) is 4.32. The first-order chi connectivity index (χ1) is 16.2. The van der Waals surface area contributed by atoms with E-state index >= 15 is 0 Å². The Morgan fingerprint density at radius 3 is 2.53 bits per heavy atom. The van der Waals surface area contributed by atoms with Crippen LogP contribution in [0.15, 0.2) is 18.2 Å². The lowest BCUT2D eigenvalue weighted by molar-refractivity contribution is -0.139. The molecule has 3 amide bonds. The molecule has 188 valence electrons. The molecule has 0 unspecified atom stereocenters. The van der Waals surface area contributed by atoms with Gasteiger partial charge in [-0.2, -0.15) is 0 Å². The molecule has 34 heavy (non-hydrogen) atoms. The van der Waals surface area contributed by atoms with Crippen molar-refractivity contribution in [1.82, 2.24) is 9.80 Å². The summed E-state index contributed by atoms with van der Waals surface area (Å²) in [4.78, 5) is 41.8. The van der Waals surface area contributed by atoms with Gasteiger partial charge in [-0.1, -0.05) is 13.3 Å². The van der Waals surface area contributed by atoms with E-state index in [-0.39, 0.29) is 54.9 Å². The number of nitrogens with one attached hydrogen (secondary N) is 1. The van der Waals surface area contributed by atoms with Crippen LogP contribution in [0, 0.1) is 11.8 Å². The summed E-state index contributed by atoms with van der Waals surface area (Å²) in [7, 11) is 4.83. The first-order valence-electron chi connectivity index (χ1n) is 11.9. The van der Waals surface area contributed by atoms with E-state index in [1.54, 1.807) is 42.2 Å². The van der Waals surface area contributed by atoms with E-state index in [2.05, 4.69) is 5.32 Å². The number of anilines is 1. The van der Waals surface area contributed by atoms with Gasteiger partial charge in [0.15, 0.2) is 0 Å². The number of ether oxygens (including phenoxy) is 3. The normalized spacial score (nSPS) is 24.3. The standard InChI is InChI=1S/C25H37N3O6/c1-16-12-28(23(29)15-32-4)17(2)14-34-21-11-19(26-24(30)18-7-6-8-18)9-10-20(21)25(31)27(3)13-22(16)33-5/h9-11,16-18,22H,6-8,12-15H2,1-5H3,(H,26,30)/t16-,17-,22+/m0/s1. The van der Waals surface area contributed by atoms with E-state index < -0.39 is 0 Å². The Morgan fingerprint density at radius 1 is 1.18 bits per heavy atom. The number of likely N-dealkylation sites (N-methyl/N-ethyl adjacent to an activating group) is 1. The van der Waals surface area contributed by atoms with Crippen molar-refractivity contribution in [3.05, 3.63) is 23.8 Å². The van der Waals surface area contributed by atoms with Crippen LogP contribution < -0.4 is 10.1 Å². The molecule has 0 bridgehead atoms. The maximum absolute atomic E-state index is 13.3. The quantitative estimate of drug-likeness (QED) is 0.703. The molecular formula is C25H37N3O6. The van der Waals surface area contributed by atoms with Gasteiger partial charge in [-0.25, -0.2) is 0 Å². The lowest BCUT2D eigenvalue weighted by Gasteiger charge is -2.36. The van der Waals surface area contributed by atoms with Crippen molar-refractivity contribution in [2.45, 2.75) is 45.3 Å². The molecule has 1 aliphatic carbocycles. The minimum absolute atomic E-state index is 0.00979. The van der Waals surface area contributed by atoms with E-state index in [9.17, 15) is 14.4 Å². The molecule has 1 aromatic rings. The van der Waals surface area contributed by atoms with E-state index in [0.717, 1.165) is 19.3 Å². The molecule has 0 spiro atoms. The molecule has 1 saturated carbocycles. The number of carbonyl (C=O) groups excluding carboxylic acids is 3. The summed E-state index contributed by atoms with van der Waals surface area (Å²) >= 11 is 0. The van der Waals surface area contributed by atoms with Crippen LogP contribution in [0.3, 0.4) is 0 Å². The molecular weight excluding hydrogens is 438 g/mol. The van der Waals surface area contributed by atoms with Gasteiger partial charge in [0.05, 0.1) is 17.7 Å². The number of benzene rings is 1. The van der Waals surface area contributed by atoms with Crippen LogP contribution in [-0.2, 0) is 19.1 Å². The third-order valence-electron chi connectivity index (χ3n) is 6.78. The molecule has 0 saturated heterocycles. The van der Waals surface area contributed by atoms with Gasteiger partial charge in [0.2, 0.25) is 11.8 Å². The Kier molecular flexibility index (Phi) is 8.90. The lowest BCUT2D eigenvalue weighted by atomic mass is 9.85. The Bertz CT molecular complexity index is 887. The summed E-state index contributed by atoms with van der Waals surface area (Å²) in [6, 6.07) is 4.83. The van der Waals surface area contributed by atoms with Gasteiger partial charge >= 0.3 is 0 Å². The third-order valence-corrected chi connectivity index (χ3v) is 6.78. The smallest absolute Gasteiger partial charge is 0.257 e. The van der Waals surface area contributed by atoms with Crippen LogP contribution in [-0.4, -0.2) is 87.2 Å². The SMILES string of the molecule is COCC(=O)N1C[C@H](C)[C@H](OC)CN(C)C(=O)c2ccc(NC(=O)C3CCC3)cc2OC[C@@H]1C. The van der Waals surface area contributed by atoms with Crippen molar-refractivity contribution in [2.24, 2.45) is 11.8 Å². The van der Waals surface area contributed by atoms with Crippen molar-refractivity contribution in [3.8, 4) is 5.75 Å². The largest absolute Gasteiger partial charge is 0.491 e. The number of hydrogen-bond donors (Lipinski definition) is 1. The average molecular weight is 476 g/mol. The second-order valence-electron chi connectivity index (χ2n) is 9.40. The maximum Gasteiger partial charge on any atom is 0.257 e. The Hall–Kier alpha value is -2.65. The summed E-state index contributed by atoms with van der Waals surface area (Å²) < 4.78 is 16.9. The molecule has 9 nitrogen and oxygen atoms in total. The van der Waals surface area contributed by atoms with Crippen LogP contribution in [0.2, 0.25) is 0 Å². The monoisotopic (exact) mass is 475 g/mol. The summed E-state index contributed by atoms with van der Waals surface area (Å²) in [5.41, 5.74) is 0.982. The average Bonchev–Trinajstić information content (AvgIpc) is 2.77. The van der Waals surface area contributed by atoms with Crippen LogP contribution in [0.4, 0.5) is 5.69 Å². The summed E-state index contributed by atoms with van der Waals surface area (Å²) in [5.74, 6) is 0.0565. The fourth-order valence-electron chi connectivity index (χ4n) is 4.32. The second kappa shape index (κ2) is 11.7. The van der Waals surface area contributed by atoms with Gasteiger partial charge < -0.3 is 29.3 Å². The molecule has 0 aromatic heterocycles. The number of hydrogen-bond acceptors (Lipinski definition) is 6. The van der Waals surface area contributed by atoms with Gasteiger partial charge in [-0.05, 0) is 31.9 Å². The summed E-state index contributed by atoms with van der Waals surface area (Å²) in [6.45, 7) is 4.87. The van der Waals surface area contributed by atoms with Gasteiger partial charge in [0.25, 0.3) is 5.91 Å². The topological polar surface area (TPSA) is 97.4 Å². The Morgan fingerprint density at radius 2 is 1.91 bits per heavy atom. The number of rotatable bonds is 5. The van der Waals surface area contributed by atoms with Crippen molar-refractivity contribution >= 4 is 23.4 Å². The molecule has 1 aromatic carbocycles. The molecule has 2 aliphatic rings. The molecule has 1 fully saturated rings. The van der Waals surface area contributed by atoms with Crippen molar-refractivity contribution in [2.75, 3.05) is 52.9 Å². The van der Waals surface area contributed by atoms with Gasteiger partial charge in [0, 0.05) is 57.9 Å². The summed E-state index contributed by atoms with van der Waals surface area (Å²) in [5, 5.41) is 2.94. The minimum atomic E-state index is -0.268. The van der Waals surface area contributed by atoms with Crippen molar-refractivity contribution in [1.29, 1.82) is 0 Å². The third kappa shape index (κ3) is 6.07. The molecule has 0 radical (unpaired) electrons. The fraction of sp³-hybridized carbons (Fsp3) is 0.640. The van der Waals surface area contributed by atoms with Gasteiger partial charge in [0.1, 0.15) is 19.0 Å². The van der Waals surface area contributed by atoms with Crippen LogP contribution in [0.5, 0.6) is 5.75 Å². The van der Waals surface area contributed by atoms with Gasteiger partial charge in [-0.3, -0.25) is 14.4 Å². The Labute approximate surface area is 201 Å².